The van der Waals surface area contributed by atoms with E-state index in [1.807, 2.05) is 0 Å². The zero-order valence-electron chi connectivity index (χ0n) is 4.07. The molecule has 2 atom stereocenters. The van der Waals surface area contributed by atoms with Gasteiger partial charge in [0.05, 0.1) is 0 Å². The average molecular weight is 118 g/mol. The van der Waals surface area contributed by atoms with E-state index in [2.05, 4.69) is 4.74 Å². The molecule has 0 aromatic rings. The first-order valence-electron chi connectivity index (χ1n) is 2.26. The third-order valence-corrected chi connectivity index (χ3v) is 1.01. The summed E-state index contributed by atoms with van der Waals surface area (Å²) in [5, 5.41) is 16.5. The zero-order chi connectivity index (χ0) is 6.15. The quantitative estimate of drug-likeness (QED) is 0.472. The molecule has 1 rings (SSSR count). The fourth-order valence-corrected chi connectivity index (χ4v) is 0.521. The first kappa shape index (κ1) is 5.53. The Kier molecular flexibility index (Phi) is 1.19. The molecule has 0 aromatic carbocycles. The van der Waals surface area contributed by atoms with Crippen molar-refractivity contribution in [2.45, 2.75) is 18.8 Å². The summed E-state index contributed by atoms with van der Waals surface area (Å²) in [5.74, 6) is -1.00. The summed E-state index contributed by atoms with van der Waals surface area (Å²) >= 11 is 0. The number of aliphatic hydroxyl groups excluding tert-OH is 1. The second-order valence-corrected chi connectivity index (χ2v) is 1.65. The van der Waals surface area contributed by atoms with E-state index in [0.717, 1.165) is 0 Å². The monoisotopic (exact) mass is 118 g/mol. The molecule has 1 aliphatic rings. The highest BCUT2D eigenvalue weighted by Gasteiger charge is 2.33. The van der Waals surface area contributed by atoms with Crippen molar-refractivity contribution in [3.05, 3.63) is 0 Å². The van der Waals surface area contributed by atoms with Gasteiger partial charge in [-0.25, -0.2) is 4.79 Å². The minimum atomic E-state index is -1.00. The second-order valence-electron chi connectivity index (χ2n) is 1.65. The lowest BCUT2D eigenvalue weighted by atomic mass is 10.2. The van der Waals surface area contributed by atoms with Crippen molar-refractivity contribution in [1.82, 2.24) is 0 Å². The van der Waals surface area contributed by atoms with Crippen LogP contribution in [-0.4, -0.2) is 28.6 Å². The largest absolute Gasteiger partial charge is 0.479 e. The molecule has 1 fully saturated rings. The lowest BCUT2D eigenvalue weighted by Crippen LogP contribution is -2.42. The van der Waals surface area contributed by atoms with Crippen molar-refractivity contribution in [2.75, 3.05) is 0 Å². The van der Waals surface area contributed by atoms with Crippen LogP contribution in [-0.2, 0) is 9.53 Å². The van der Waals surface area contributed by atoms with Crippen molar-refractivity contribution >= 4 is 5.97 Å². The van der Waals surface area contributed by atoms with Crippen LogP contribution in [0.2, 0.25) is 0 Å². The maximum atomic E-state index is 9.89. The number of hydrogen-bond acceptors (Lipinski definition) is 3. The Morgan fingerprint density at radius 1 is 1.75 bits per heavy atom. The van der Waals surface area contributed by atoms with Gasteiger partial charge in [-0.15, -0.1) is 0 Å². The van der Waals surface area contributed by atoms with Crippen LogP contribution in [0.4, 0.5) is 0 Å². The first-order valence-corrected chi connectivity index (χ1v) is 2.26. The van der Waals surface area contributed by atoms with Crippen LogP contribution in [0.25, 0.3) is 0 Å². The summed E-state index contributed by atoms with van der Waals surface area (Å²) in [6.45, 7) is 0. The number of carboxylic acid groups (broad SMARTS) is 1. The van der Waals surface area contributed by atoms with E-state index >= 15 is 0 Å². The third kappa shape index (κ3) is 0.801. The van der Waals surface area contributed by atoms with Gasteiger partial charge in [0.15, 0.2) is 12.4 Å². The number of carbonyl (C=O) groups is 1. The summed E-state index contributed by atoms with van der Waals surface area (Å²) in [4.78, 5) is 9.89. The van der Waals surface area contributed by atoms with Crippen LogP contribution in [0, 0.1) is 0 Å². The molecule has 46 valence electrons. The van der Waals surface area contributed by atoms with Gasteiger partial charge < -0.3 is 14.9 Å². The van der Waals surface area contributed by atoms with E-state index in [-0.39, 0.29) is 6.42 Å². The molecule has 8 heavy (non-hydrogen) atoms. The Bertz CT molecular complexity index is 105. The first-order chi connectivity index (χ1) is 3.70. The van der Waals surface area contributed by atoms with Crippen molar-refractivity contribution < 1.29 is 19.7 Å². The van der Waals surface area contributed by atoms with Gasteiger partial charge in [-0.2, -0.15) is 0 Å². The van der Waals surface area contributed by atoms with Gasteiger partial charge in [0.25, 0.3) is 0 Å². The molecule has 0 aliphatic carbocycles. The van der Waals surface area contributed by atoms with Crippen molar-refractivity contribution in [3.8, 4) is 0 Å². The Hall–Kier alpha value is -0.610. The van der Waals surface area contributed by atoms with Crippen LogP contribution in [0.1, 0.15) is 6.42 Å². The predicted molar refractivity (Wildman–Crippen MR) is 23.1 cm³/mol. The number of rotatable bonds is 1. The van der Waals surface area contributed by atoms with E-state index in [1.165, 1.54) is 0 Å². The topological polar surface area (TPSA) is 66.8 Å². The fraction of sp³-hybridized carbons (Fsp3) is 0.750. The highest BCUT2D eigenvalue weighted by atomic mass is 16.6. The van der Waals surface area contributed by atoms with E-state index < -0.39 is 18.4 Å². The molecule has 1 saturated heterocycles. The lowest BCUT2D eigenvalue weighted by Gasteiger charge is -2.27. The predicted octanol–water partition coefficient (Wildman–Crippen LogP) is -0.822. The Morgan fingerprint density at radius 3 is 2.38 bits per heavy atom. The molecule has 1 aliphatic heterocycles. The molecular formula is C4H6O4. The SMILES string of the molecule is O=C(O)[C@@H]1CC(O)O1. The van der Waals surface area contributed by atoms with Crippen molar-refractivity contribution in [1.29, 1.82) is 0 Å². The second kappa shape index (κ2) is 1.72. The highest BCUT2D eigenvalue weighted by molar-refractivity contribution is 5.73. The third-order valence-electron chi connectivity index (χ3n) is 1.01. The molecule has 0 radical (unpaired) electrons. The minimum Gasteiger partial charge on any atom is -0.479 e. The molecule has 1 unspecified atom stereocenters. The van der Waals surface area contributed by atoms with Crippen LogP contribution < -0.4 is 0 Å². The number of hydrogen-bond donors (Lipinski definition) is 2. The minimum absolute atomic E-state index is 0.218. The van der Waals surface area contributed by atoms with Crippen molar-refractivity contribution in [3.63, 3.8) is 0 Å². The van der Waals surface area contributed by atoms with Gasteiger partial charge in [0.1, 0.15) is 0 Å². The van der Waals surface area contributed by atoms with E-state index in [0.29, 0.717) is 0 Å². The summed E-state index contributed by atoms with van der Waals surface area (Å²) in [5.41, 5.74) is 0. The van der Waals surface area contributed by atoms with Gasteiger partial charge in [0, 0.05) is 6.42 Å². The molecule has 4 nitrogen and oxygen atoms in total. The fourth-order valence-electron chi connectivity index (χ4n) is 0.521. The Balaban J connectivity index is 2.25. The highest BCUT2D eigenvalue weighted by Crippen LogP contribution is 2.17. The molecule has 0 saturated carbocycles. The van der Waals surface area contributed by atoms with Gasteiger partial charge >= 0.3 is 5.97 Å². The number of carboxylic acids is 1. The Morgan fingerprint density at radius 2 is 2.25 bits per heavy atom. The molecule has 1 heterocycles. The smallest absolute Gasteiger partial charge is 0.333 e. The summed E-state index contributed by atoms with van der Waals surface area (Å²) < 4.78 is 4.36. The molecule has 0 bridgehead atoms. The summed E-state index contributed by atoms with van der Waals surface area (Å²) in [6, 6.07) is 0. The maximum absolute atomic E-state index is 9.89. The van der Waals surface area contributed by atoms with Crippen LogP contribution in [0.3, 0.4) is 0 Å². The van der Waals surface area contributed by atoms with Gasteiger partial charge in [-0.1, -0.05) is 0 Å². The number of aliphatic hydroxyl groups is 1. The Labute approximate surface area is 45.7 Å². The van der Waals surface area contributed by atoms with E-state index in [4.69, 9.17) is 10.2 Å². The molecule has 2 N–H and O–H groups in total. The molecule has 0 aromatic heterocycles. The molecule has 4 heteroatoms. The molecule has 0 amide bonds. The standard InChI is InChI=1S/C4H6O4/c5-3-1-2(8-3)4(6)7/h2-3,5H,1H2,(H,6,7)/t2-,3?/m0/s1. The number of ether oxygens (including phenoxy) is 1. The molecular weight excluding hydrogens is 112 g/mol. The molecule has 0 spiro atoms. The van der Waals surface area contributed by atoms with Crippen LogP contribution >= 0.6 is 0 Å². The van der Waals surface area contributed by atoms with Gasteiger partial charge in [-0.3, -0.25) is 0 Å². The van der Waals surface area contributed by atoms with E-state index in [9.17, 15) is 4.79 Å². The van der Waals surface area contributed by atoms with Gasteiger partial charge in [0.2, 0.25) is 0 Å². The van der Waals surface area contributed by atoms with Crippen LogP contribution in [0.15, 0.2) is 0 Å². The summed E-state index contributed by atoms with van der Waals surface area (Å²) in [7, 11) is 0. The normalized spacial score (nSPS) is 36.1. The number of aliphatic carboxylic acids is 1. The maximum Gasteiger partial charge on any atom is 0.333 e. The van der Waals surface area contributed by atoms with Gasteiger partial charge in [-0.05, 0) is 0 Å². The van der Waals surface area contributed by atoms with Crippen molar-refractivity contribution in [2.24, 2.45) is 0 Å². The zero-order valence-corrected chi connectivity index (χ0v) is 4.07. The lowest BCUT2D eigenvalue weighted by molar-refractivity contribution is -0.236. The average Bonchev–Trinajstić information content (AvgIpc) is 1.57. The van der Waals surface area contributed by atoms with E-state index in [1.54, 1.807) is 0 Å². The summed E-state index contributed by atoms with van der Waals surface area (Å²) in [6.07, 6.45) is -1.41. The van der Waals surface area contributed by atoms with Crippen LogP contribution in [0.5, 0.6) is 0 Å².